The van der Waals surface area contributed by atoms with E-state index in [0.717, 1.165) is 37.4 Å². The highest BCUT2D eigenvalue weighted by Crippen LogP contribution is 2.13. The zero-order valence-electron chi connectivity index (χ0n) is 12.1. The molecule has 0 amide bonds. The Morgan fingerprint density at radius 2 is 2.05 bits per heavy atom. The summed E-state index contributed by atoms with van der Waals surface area (Å²) in [4.78, 5) is 4.26. The van der Waals surface area contributed by atoms with E-state index in [1.807, 2.05) is 16.8 Å². The van der Waals surface area contributed by atoms with Crippen LogP contribution in [0.2, 0.25) is 0 Å². The first-order valence-corrected chi connectivity index (χ1v) is 6.98. The van der Waals surface area contributed by atoms with Crippen molar-refractivity contribution in [2.24, 2.45) is 5.73 Å². The number of nitrogens with zero attached hydrogens (tertiary/aromatic N) is 3. The van der Waals surface area contributed by atoms with Gasteiger partial charge in [0, 0.05) is 19.0 Å². The number of benzene rings is 1. The predicted molar refractivity (Wildman–Crippen MR) is 78.7 cm³/mol. The van der Waals surface area contributed by atoms with E-state index in [1.54, 1.807) is 13.4 Å². The Balaban J connectivity index is 1.83. The molecule has 2 N–H and O–H groups in total. The van der Waals surface area contributed by atoms with Crippen LogP contribution in [0.15, 0.2) is 30.6 Å². The Bertz CT molecular complexity index is 521. The average Bonchev–Trinajstić information content (AvgIpc) is 2.92. The van der Waals surface area contributed by atoms with Crippen molar-refractivity contribution in [3.8, 4) is 5.75 Å². The monoisotopic (exact) mass is 274 g/mol. The Labute approximate surface area is 119 Å². The van der Waals surface area contributed by atoms with E-state index in [4.69, 9.17) is 10.5 Å². The second-order valence-corrected chi connectivity index (χ2v) is 4.84. The smallest absolute Gasteiger partial charge is 0.138 e. The van der Waals surface area contributed by atoms with Crippen molar-refractivity contribution in [3.63, 3.8) is 0 Å². The molecular weight excluding hydrogens is 252 g/mol. The maximum Gasteiger partial charge on any atom is 0.138 e. The van der Waals surface area contributed by atoms with Gasteiger partial charge in [0.2, 0.25) is 0 Å². The van der Waals surface area contributed by atoms with E-state index in [9.17, 15) is 0 Å². The summed E-state index contributed by atoms with van der Waals surface area (Å²) in [6, 6.07) is 8.23. The summed E-state index contributed by atoms with van der Waals surface area (Å²) >= 11 is 0. The van der Waals surface area contributed by atoms with Crippen LogP contribution >= 0.6 is 0 Å². The Hall–Kier alpha value is -1.88. The van der Waals surface area contributed by atoms with Crippen molar-refractivity contribution in [2.75, 3.05) is 7.11 Å². The first-order chi connectivity index (χ1) is 9.72. The van der Waals surface area contributed by atoms with Gasteiger partial charge in [0.25, 0.3) is 0 Å². The fourth-order valence-corrected chi connectivity index (χ4v) is 2.19. The molecule has 0 fully saturated rings. The quantitative estimate of drug-likeness (QED) is 0.836. The molecule has 0 aliphatic heterocycles. The molecule has 2 aromatic rings. The van der Waals surface area contributed by atoms with Gasteiger partial charge in [-0.15, -0.1) is 0 Å². The van der Waals surface area contributed by atoms with Crippen molar-refractivity contribution in [2.45, 2.75) is 38.8 Å². The first kappa shape index (κ1) is 14.5. The van der Waals surface area contributed by atoms with Crippen LogP contribution in [-0.4, -0.2) is 27.9 Å². The van der Waals surface area contributed by atoms with Gasteiger partial charge in [-0.3, -0.25) is 4.68 Å². The third-order valence-electron chi connectivity index (χ3n) is 3.40. The highest BCUT2D eigenvalue weighted by atomic mass is 16.5. The third kappa shape index (κ3) is 3.81. The number of hydrogen-bond donors (Lipinski definition) is 1. The number of nitrogens with two attached hydrogens (primary N) is 1. The lowest BCUT2D eigenvalue weighted by atomic mass is 10.0. The molecule has 0 radical (unpaired) electrons. The molecule has 1 aromatic heterocycles. The van der Waals surface area contributed by atoms with Crippen LogP contribution in [0, 0.1) is 0 Å². The predicted octanol–water partition coefficient (Wildman–Crippen LogP) is 1.81. The average molecular weight is 274 g/mol. The van der Waals surface area contributed by atoms with Gasteiger partial charge in [-0.05, 0) is 37.5 Å². The minimum atomic E-state index is 0.103. The first-order valence-electron chi connectivity index (χ1n) is 6.98. The van der Waals surface area contributed by atoms with Crippen LogP contribution in [0.5, 0.6) is 5.75 Å². The van der Waals surface area contributed by atoms with Crippen molar-refractivity contribution < 1.29 is 4.74 Å². The van der Waals surface area contributed by atoms with Crippen LogP contribution in [0.4, 0.5) is 0 Å². The molecule has 2 rings (SSSR count). The van der Waals surface area contributed by atoms with Crippen LogP contribution < -0.4 is 10.5 Å². The molecule has 0 aliphatic rings. The number of hydrogen-bond acceptors (Lipinski definition) is 4. The molecule has 0 aliphatic carbocycles. The van der Waals surface area contributed by atoms with E-state index in [0.29, 0.717) is 0 Å². The summed E-state index contributed by atoms with van der Waals surface area (Å²) in [7, 11) is 1.68. The molecule has 1 atom stereocenters. The lowest BCUT2D eigenvalue weighted by Crippen LogP contribution is -2.25. The van der Waals surface area contributed by atoms with E-state index in [-0.39, 0.29) is 6.04 Å². The number of aromatic nitrogens is 3. The molecule has 5 heteroatoms. The normalized spacial score (nSPS) is 12.3. The maximum absolute atomic E-state index is 6.19. The summed E-state index contributed by atoms with van der Waals surface area (Å²) in [6.07, 6.45) is 4.26. The second kappa shape index (κ2) is 7.05. The molecule has 108 valence electrons. The second-order valence-electron chi connectivity index (χ2n) is 4.84. The topological polar surface area (TPSA) is 66.0 Å². The third-order valence-corrected chi connectivity index (χ3v) is 3.40. The van der Waals surface area contributed by atoms with Crippen LogP contribution in [0.3, 0.4) is 0 Å². The zero-order chi connectivity index (χ0) is 14.4. The van der Waals surface area contributed by atoms with Crippen LogP contribution in [0.25, 0.3) is 0 Å². The van der Waals surface area contributed by atoms with Gasteiger partial charge in [-0.25, -0.2) is 4.98 Å². The van der Waals surface area contributed by atoms with E-state index in [1.165, 1.54) is 5.56 Å². The number of rotatable bonds is 7. The molecule has 0 saturated carbocycles. The highest BCUT2D eigenvalue weighted by Gasteiger charge is 2.09. The minimum absolute atomic E-state index is 0.103. The van der Waals surface area contributed by atoms with Gasteiger partial charge in [0.1, 0.15) is 17.9 Å². The SMILES string of the molecule is CCn1ncnc1CC(N)CCc1ccc(OC)cc1. The molecule has 1 heterocycles. The van der Waals surface area contributed by atoms with E-state index in [2.05, 4.69) is 29.1 Å². The molecule has 1 aromatic carbocycles. The van der Waals surface area contributed by atoms with Gasteiger partial charge in [0.05, 0.1) is 7.11 Å². The van der Waals surface area contributed by atoms with Crippen molar-refractivity contribution in [1.29, 1.82) is 0 Å². The largest absolute Gasteiger partial charge is 0.497 e. The molecule has 0 bridgehead atoms. The summed E-state index contributed by atoms with van der Waals surface area (Å²) in [5.74, 6) is 1.85. The number of ether oxygens (including phenoxy) is 1. The van der Waals surface area contributed by atoms with Crippen molar-refractivity contribution in [1.82, 2.24) is 14.8 Å². The number of methoxy groups -OCH3 is 1. The molecule has 0 spiro atoms. The van der Waals surface area contributed by atoms with Crippen LogP contribution in [-0.2, 0) is 19.4 Å². The molecule has 5 nitrogen and oxygen atoms in total. The van der Waals surface area contributed by atoms with Gasteiger partial charge in [-0.2, -0.15) is 5.10 Å². The van der Waals surface area contributed by atoms with E-state index >= 15 is 0 Å². The number of aryl methyl sites for hydroxylation is 2. The zero-order valence-corrected chi connectivity index (χ0v) is 12.1. The summed E-state index contributed by atoms with van der Waals surface area (Å²) in [6.45, 7) is 2.89. The molecular formula is C15H22N4O. The highest BCUT2D eigenvalue weighted by molar-refractivity contribution is 5.27. The molecule has 20 heavy (non-hydrogen) atoms. The summed E-state index contributed by atoms with van der Waals surface area (Å²) < 4.78 is 7.04. The molecule has 1 unspecified atom stereocenters. The van der Waals surface area contributed by atoms with Gasteiger partial charge in [0.15, 0.2) is 0 Å². The van der Waals surface area contributed by atoms with Gasteiger partial charge in [-0.1, -0.05) is 12.1 Å². The fourth-order valence-electron chi connectivity index (χ4n) is 2.19. The minimum Gasteiger partial charge on any atom is -0.497 e. The van der Waals surface area contributed by atoms with E-state index < -0.39 is 0 Å². The molecule has 0 saturated heterocycles. The van der Waals surface area contributed by atoms with Gasteiger partial charge < -0.3 is 10.5 Å². The van der Waals surface area contributed by atoms with Gasteiger partial charge >= 0.3 is 0 Å². The lowest BCUT2D eigenvalue weighted by Gasteiger charge is -2.11. The van der Waals surface area contributed by atoms with Crippen LogP contribution in [0.1, 0.15) is 24.7 Å². The Morgan fingerprint density at radius 3 is 2.70 bits per heavy atom. The van der Waals surface area contributed by atoms with Crippen molar-refractivity contribution in [3.05, 3.63) is 42.0 Å². The Morgan fingerprint density at radius 1 is 1.30 bits per heavy atom. The Kier molecular flexibility index (Phi) is 5.12. The lowest BCUT2D eigenvalue weighted by molar-refractivity contribution is 0.414. The van der Waals surface area contributed by atoms with Crippen molar-refractivity contribution >= 4 is 0 Å². The summed E-state index contributed by atoms with van der Waals surface area (Å²) in [5.41, 5.74) is 7.46. The maximum atomic E-state index is 6.19. The standard InChI is InChI=1S/C15H22N4O/c1-3-19-15(17-11-18-19)10-13(16)7-4-12-5-8-14(20-2)9-6-12/h5-6,8-9,11,13H,3-4,7,10,16H2,1-2H3. The summed E-state index contributed by atoms with van der Waals surface area (Å²) in [5, 5.41) is 4.16. The fraction of sp³-hybridized carbons (Fsp3) is 0.467.